The molecular weight excluding hydrogens is 373 g/mol. The van der Waals surface area contributed by atoms with Gasteiger partial charge in [-0.25, -0.2) is 9.82 Å². The summed E-state index contributed by atoms with van der Waals surface area (Å²) in [4.78, 5) is 13.7. The van der Waals surface area contributed by atoms with E-state index < -0.39 is 5.91 Å². The molecule has 142 valence electrons. The van der Waals surface area contributed by atoms with Crippen molar-refractivity contribution in [3.8, 4) is 5.75 Å². The number of halogens is 2. The number of amides is 1. The van der Waals surface area contributed by atoms with Crippen LogP contribution in [0.5, 0.6) is 5.75 Å². The van der Waals surface area contributed by atoms with Crippen molar-refractivity contribution in [1.29, 1.82) is 0 Å². The number of morpholine rings is 1. The topological polar surface area (TPSA) is 63.2 Å². The van der Waals surface area contributed by atoms with Crippen LogP contribution in [-0.4, -0.2) is 45.0 Å². The summed E-state index contributed by atoms with van der Waals surface area (Å²) in [5.41, 5.74) is 3.42. The monoisotopic (exact) mass is 391 g/mol. The first kappa shape index (κ1) is 19.1. The highest BCUT2D eigenvalue weighted by Crippen LogP contribution is 2.21. The minimum Gasteiger partial charge on any atom is -0.484 e. The molecule has 1 amide bonds. The summed E-state index contributed by atoms with van der Waals surface area (Å²) in [6.07, 6.45) is 1.38. The maximum Gasteiger partial charge on any atom is 0.277 e. The van der Waals surface area contributed by atoms with E-state index >= 15 is 0 Å². The van der Waals surface area contributed by atoms with E-state index in [4.69, 9.17) is 21.1 Å². The molecule has 1 heterocycles. The van der Waals surface area contributed by atoms with Gasteiger partial charge in [-0.15, -0.1) is 0 Å². The van der Waals surface area contributed by atoms with Gasteiger partial charge in [0, 0.05) is 18.1 Å². The predicted octanol–water partition coefficient (Wildman–Crippen LogP) is 2.84. The molecule has 1 N–H and O–H groups in total. The van der Waals surface area contributed by atoms with Crippen LogP contribution in [0.3, 0.4) is 0 Å². The molecule has 3 rings (SSSR count). The van der Waals surface area contributed by atoms with E-state index in [0.29, 0.717) is 48.3 Å². The number of hydrazone groups is 1. The second-order valence-corrected chi connectivity index (χ2v) is 6.29. The van der Waals surface area contributed by atoms with E-state index in [-0.39, 0.29) is 12.4 Å². The van der Waals surface area contributed by atoms with Gasteiger partial charge in [0.15, 0.2) is 6.61 Å². The molecule has 0 unspecified atom stereocenters. The van der Waals surface area contributed by atoms with E-state index in [0.717, 1.165) is 0 Å². The van der Waals surface area contributed by atoms with Crippen LogP contribution in [0.15, 0.2) is 47.6 Å². The smallest absolute Gasteiger partial charge is 0.277 e. The van der Waals surface area contributed by atoms with Crippen LogP contribution in [0.1, 0.15) is 5.56 Å². The summed E-state index contributed by atoms with van der Waals surface area (Å²) in [6.45, 7) is 2.29. The van der Waals surface area contributed by atoms with Gasteiger partial charge in [0.05, 0.1) is 25.1 Å². The lowest BCUT2D eigenvalue weighted by Gasteiger charge is -2.29. The quantitative estimate of drug-likeness (QED) is 0.607. The molecular formula is C19H19ClFN3O3. The van der Waals surface area contributed by atoms with Crippen molar-refractivity contribution < 1.29 is 18.7 Å². The van der Waals surface area contributed by atoms with Crippen molar-refractivity contribution in [3.05, 3.63) is 58.9 Å². The maximum absolute atomic E-state index is 14.3. The van der Waals surface area contributed by atoms with Gasteiger partial charge in [0.2, 0.25) is 0 Å². The van der Waals surface area contributed by atoms with Gasteiger partial charge in [-0.2, -0.15) is 5.10 Å². The zero-order valence-corrected chi connectivity index (χ0v) is 15.3. The van der Waals surface area contributed by atoms with E-state index in [2.05, 4.69) is 10.5 Å². The number of nitrogens with zero attached hydrogens (tertiary/aromatic N) is 2. The number of hydrogen-bond donors (Lipinski definition) is 1. The molecule has 8 heteroatoms. The number of ether oxygens (including phenoxy) is 2. The first-order valence-corrected chi connectivity index (χ1v) is 8.82. The Morgan fingerprint density at radius 2 is 2.11 bits per heavy atom. The Morgan fingerprint density at radius 3 is 2.85 bits per heavy atom. The fourth-order valence-electron chi connectivity index (χ4n) is 2.58. The normalized spacial score (nSPS) is 14.4. The number of carbonyl (C=O) groups excluding carboxylic acids is 1. The molecule has 0 atom stereocenters. The van der Waals surface area contributed by atoms with Crippen molar-refractivity contribution in [1.82, 2.24) is 5.43 Å². The number of rotatable bonds is 6. The molecule has 1 fully saturated rings. The summed E-state index contributed by atoms with van der Waals surface area (Å²) < 4.78 is 24.9. The molecule has 0 saturated carbocycles. The third-order valence-electron chi connectivity index (χ3n) is 3.89. The minimum absolute atomic E-state index is 0.206. The zero-order valence-electron chi connectivity index (χ0n) is 14.5. The number of nitrogens with one attached hydrogen (secondary N) is 1. The van der Waals surface area contributed by atoms with Gasteiger partial charge in [0.1, 0.15) is 11.6 Å². The molecule has 0 aromatic heterocycles. The second kappa shape index (κ2) is 9.34. The van der Waals surface area contributed by atoms with E-state index in [1.807, 2.05) is 4.90 Å². The zero-order chi connectivity index (χ0) is 19.1. The summed E-state index contributed by atoms with van der Waals surface area (Å²) in [5, 5.41) is 4.35. The lowest BCUT2D eigenvalue weighted by Crippen LogP contribution is -2.36. The molecule has 0 spiro atoms. The van der Waals surface area contributed by atoms with Crippen molar-refractivity contribution in [2.45, 2.75) is 0 Å². The average molecular weight is 392 g/mol. The third kappa shape index (κ3) is 5.67. The highest BCUT2D eigenvalue weighted by Gasteiger charge is 2.15. The van der Waals surface area contributed by atoms with Crippen LogP contribution >= 0.6 is 11.6 Å². The fraction of sp³-hybridized carbons (Fsp3) is 0.263. The average Bonchev–Trinajstić information content (AvgIpc) is 2.67. The Kier molecular flexibility index (Phi) is 6.62. The first-order chi connectivity index (χ1) is 13.1. The molecule has 27 heavy (non-hydrogen) atoms. The molecule has 1 saturated heterocycles. The largest absolute Gasteiger partial charge is 0.484 e. The second-order valence-electron chi connectivity index (χ2n) is 5.85. The van der Waals surface area contributed by atoms with E-state index in [1.165, 1.54) is 12.3 Å². The van der Waals surface area contributed by atoms with Crippen molar-refractivity contribution in [2.75, 3.05) is 37.8 Å². The van der Waals surface area contributed by atoms with E-state index in [9.17, 15) is 9.18 Å². The Labute approximate surface area is 161 Å². The van der Waals surface area contributed by atoms with Crippen LogP contribution in [0.25, 0.3) is 0 Å². The van der Waals surface area contributed by atoms with Gasteiger partial charge in [-0.05, 0) is 35.9 Å². The summed E-state index contributed by atoms with van der Waals surface area (Å²) in [5.74, 6) is -0.282. The Morgan fingerprint density at radius 1 is 1.30 bits per heavy atom. The van der Waals surface area contributed by atoms with Crippen LogP contribution in [0, 0.1) is 5.82 Å². The molecule has 2 aromatic carbocycles. The first-order valence-electron chi connectivity index (χ1n) is 8.44. The number of anilines is 1. The lowest BCUT2D eigenvalue weighted by molar-refractivity contribution is -0.123. The predicted molar refractivity (Wildman–Crippen MR) is 102 cm³/mol. The van der Waals surface area contributed by atoms with Crippen molar-refractivity contribution >= 4 is 29.4 Å². The van der Waals surface area contributed by atoms with Crippen LogP contribution in [0.4, 0.5) is 10.1 Å². The van der Waals surface area contributed by atoms with Gasteiger partial charge >= 0.3 is 0 Å². The molecule has 6 nitrogen and oxygen atoms in total. The van der Waals surface area contributed by atoms with Crippen LogP contribution < -0.4 is 15.1 Å². The Bertz CT molecular complexity index is 826. The van der Waals surface area contributed by atoms with E-state index in [1.54, 1.807) is 36.4 Å². The third-order valence-corrected chi connectivity index (χ3v) is 4.13. The molecule has 2 aromatic rings. The minimum atomic E-state index is -0.434. The highest BCUT2D eigenvalue weighted by molar-refractivity contribution is 6.30. The number of carbonyl (C=O) groups is 1. The number of hydrogen-bond acceptors (Lipinski definition) is 5. The molecule has 0 aliphatic carbocycles. The standard InChI is InChI=1S/C19H19ClFN3O3/c20-15-2-1-3-16(11-15)27-13-19(25)23-22-12-14-4-5-18(17(21)10-14)24-6-8-26-9-7-24/h1-5,10-12H,6-9,13H2,(H,23,25)/b22-12+. The SMILES string of the molecule is O=C(COc1cccc(Cl)c1)N/N=C/c1ccc(N2CCOCC2)c(F)c1. The van der Waals surface area contributed by atoms with Crippen molar-refractivity contribution in [3.63, 3.8) is 0 Å². The molecule has 0 radical (unpaired) electrons. The van der Waals surface area contributed by atoms with Gasteiger partial charge in [-0.1, -0.05) is 23.7 Å². The Hall–Kier alpha value is -2.64. The van der Waals surface area contributed by atoms with Gasteiger partial charge in [-0.3, -0.25) is 4.79 Å². The van der Waals surface area contributed by atoms with Gasteiger partial charge in [0.25, 0.3) is 5.91 Å². The van der Waals surface area contributed by atoms with Crippen molar-refractivity contribution in [2.24, 2.45) is 5.10 Å². The van der Waals surface area contributed by atoms with Gasteiger partial charge < -0.3 is 14.4 Å². The maximum atomic E-state index is 14.3. The Balaban J connectivity index is 1.50. The summed E-state index contributed by atoms with van der Waals surface area (Å²) in [6, 6.07) is 11.6. The molecule has 1 aliphatic rings. The summed E-state index contributed by atoms with van der Waals surface area (Å²) in [7, 11) is 0. The summed E-state index contributed by atoms with van der Waals surface area (Å²) >= 11 is 5.84. The van der Waals surface area contributed by atoms with Crippen LogP contribution in [0.2, 0.25) is 5.02 Å². The fourth-order valence-corrected chi connectivity index (χ4v) is 2.76. The molecule has 1 aliphatic heterocycles. The van der Waals surface area contributed by atoms with Crippen LogP contribution in [-0.2, 0) is 9.53 Å². The number of benzene rings is 2. The molecule has 0 bridgehead atoms. The lowest BCUT2D eigenvalue weighted by atomic mass is 10.2. The highest BCUT2D eigenvalue weighted by atomic mass is 35.5.